The van der Waals surface area contributed by atoms with Crippen LogP contribution in [0.25, 0.3) is 0 Å². The number of hydrogen-bond donors (Lipinski definition) is 1. The summed E-state index contributed by atoms with van der Waals surface area (Å²) in [6.07, 6.45) is 3.27. The Bertz CT molecular complexity index is 527. The van der Waals surface area contributed by atoms with Crippen molar-refractivity contribution in [1.82, 2.24) is 4.90 Å². The highest BCUT2D eigenvalue weighted by Gasteiger charge is 2.42. The van der Waals surface area contributed by atoms with Gasteiger partial charge in [0.25, 0.3) is 5.91 Å². The van der Waals surface area contributed by atoms with Crippen LogP contribution >= 0.6 is 11.8 Å². The van der Waals surface area contributed by atoms with Crippen molar-refractivity contribution in [3.8, 4) is 0 Å². The monoisotopic (exact) mass is 333 g/mol. The van der Waals surface area contributed by atoms with Crippen molar-refractivity contribution >= 4 is 17.7 Å². The number of likely N-dealkylation sites (tertiary alicyclic amines) is 1. The molecule has 2 fully saturated rings. The first-order valence-corrected chi connectivity index (χ1v) is 9.94. The summed E-state index contributed by atoms with van der Waals surface area (Å²) in [5, 5.41) is 10.7. The lowest BCUT2D eigenvalue weighted by molar-refractivity contribution is -0.154. The van der Waals surface area contributed by atoms with Crippen molar-refractivity contribution in [3.05, 3.63) is 35.9 Å². The molecule has 4 heteroatoms. The van der Waals surface area contributed by atoms with E-state index in [0.29, 0.717) is 24.7 Å². The average Bonchev–Trinajstić information content (AvgIpc) is 2.62. The van der Waals surface area contributed by atoms with Gasteiger partial charge in [0.2, 0.25) is 0 Å². The Balaban J connectivity index is 1.70. The smallest absolute Gasteiger partial charge is 0.254 e. The molecule has 0 bridgehead atoms. The number of thioether (sulfide) groups is 1. The van der Waals surface area contributed by atoms with E-state index in [1.165, 1.54) is 5.56 Å². The third-order valence-electron chi connectivity index (χ3n) is 5.49. The second kappa shape index (κ2) is 7.27. The number of nitrogens with zero attached hydrogens (tertiary/aromatic N) is 1. The van der Waals surface area contributed by atoms with Gasteiger partial charge in [0.05, 0.1) is 0 Å². The first-order valence-electron chi connectivity index (χ1n) is 8.78. The highest BCUT2D eigenvalue weighted by molar-refractivity contribution is 7.99. The van der Waals surface area contributed by atoms with E-state index in [1.54, 1.807) is 0 Å². The lowest BCUT2D eigenvalue weighted by atomic mass is 9.78. The van der Waals surface area contributed by atoms with Crippen molar-refractivity contribution in [3.63, 3.8) is 0 Å². The van der Waals surface area contributed by atoms with Gasteiger partial charge >= 0.3 is 0 Å². The molecule has 0 aliphatic carbocycles. The van der Waals surface area contributed by atoms with E-state index in [0.717, 1.165) is 37.4 Å². The second-order valence-electron chi connectivity index (χ2n) is 6.87. The molecule has 2 unspecified atom stereocenters. The van der Waals surface area contributed by atoms with Crippen LogP contribution in [-0.2, 0) is 4.79 Å². The van der Waals surface area contributed by atoms with Crippen LogP contribution in [-0.4, -0.2) is 46.1 Å². The highest BCUT2D eigenvalue weighted by atomic mass is 32.2. The fourth-order valence-electron chi connectivity index (χ4n) is 3.99. The predicted octanol–water partition coefficient (Wildman–Crippen LogP) is 3.29. The summed E-state index contributed by atoms with van der Waals surface area (Å²) in [5.74, 6) is 2.76. The molecule has 1 aromatic carbocycles. The van der Waals surface area contributed by atoms with E-state index in [1.807, 2.05) is 16.7 Å². The molecule has 2 heterocycles. The quantitative estimate of drug-likeness (QED) is 0.923. The van der Waals surface area contributed by atoms with Gasteiger partial charge in [0.15, 0.2) is 0 Å². The molecule has 2 aliphatic rings. The first kappa shape index (κ1) is 16.8. The minimum atomic E-state index is -1.11. The van der Waals surface area contributed by atoms with Crippen LogP contribution in [0.5, 0.6) is 0 Å². The van der Waals surface area contributed by atoms with E-state index in [9.17, 15) is 9.90 Å². The minimum Gasteiger partial charge on any atom is -0.380 e. The highest BCUT2D eigenvalue weighted by Crippen LogP contribution is 2.37. The van der Waals surface area contributed by atoms with Crippen LogP contribution < -0.4 is 0 Å². The van der Waals surface area contributed by atoms with Crippen LogP contribution in [0.4, 0.5) is 0 Å². The van der Waals surface area contributed by atoms with Gasteiger partial charge < -0.3 is 10.0 Å². The molecule has 2 aliphatic heterocycles. The molecule has 0 saturated carbocycles. The number of carbonyl (C=O) groups is 1. The van der Waals surface area contributed by atoms with Gasteiger partial charge in [-0.05, 0) is 48.2 Å². The van der Waals surface area contributed by atoms with Gasteiger partial charge in [0, 0.05) is 13.1 Å². The molecule has 2 atom stereocenters. The Hall–Kier alpha value is -1.00. The Morgan fingerprint density at radius 3 is 2.65 bits per heavy atom. The topological polar surface area (TPSA) is 40.5 Å². The van der Waals surface area contributed by atoms with Crippen LogP contribution in [0.3, 0.4) is 0 Å². The number of rotatable bonds is 3. The maximum Gasteiger partial charge on any atom is 0.254 e. The van der Waals surface area contributed by atoms with Gasteiger partial charge in [0.1, 0.15) is 5.60 Å². The van der Waals surface area contributed by atoms with Crippen LogP contribution in [0.2, 0.25) is 0 Å². The Morgan fingerprint density at radius 1 is 1.30 bits per heavy atom. The Kier molecular flexibility index (Phi) is 5.32. The van der Waals surface area contributed by atoms with E-state index in [-0.39, 0.29) is 5.91 Å². The number of piperidine rings is 1. The van der Waals surface area contributed by atoms with Crippen LogP contribution in [0.15, 0.2) is 30.3 Å². The van der Waals surface area contributed by atoms with Crippen LogP contribution in [0, 0.1) is 5.92 Å². The first-order chi connectivity index (χ1) is 11.1. The van der Waals surface area contributed by atoms with Gasteiger partial charge in [-0.15, -0.1) is 0 Å². The third-order valence-corrected chi connectivity index (χ3v) is 6.48. The fraction of sp³-hybridized carbons (Fsp3) is 0.632. The van der Waals surface area contributed by atoms with E-state index in [4.69, 9.17) is 0 Å². The van der Waals surface area contributed by atoms with Gasteiger partial charge in [-0.3, -0.25) is 4.79 Å². The van der Waals surface area contributed by atoms with E-state index < -0.39 is 5.60 Å². The molecule has 2 saturated heterocycles. The van der Waals surface area contributed by atoms with E-state index >= 15 is 0 Å². The summed E-state index contributed by atoms with van der Waals surface area (Å²) in [6.45, 7) is 3.76. The normalized spacial score (nSPS) is 27.7. The van der Waals surface area contributed by atoms with Crippen molar-refractivity contribution < 1.29 is 9.90 Å². The van der Waals surface area contributed by atoms with E-state index in [2.05, 4.69) is 37.3 Å². The summed E-state index contributed by atoms with van der Waals surface area (Å²) in [4.78, 5) is 14.8. The molecule has 0 aromatic heterocycles. The average molecular weight is 333 g/mol. The molecule has 126 valence electrons. The molecule has 23 heavy (non-hydrogen) atoms. The maximum atomic E-state index is 12.8. The number of carbonyl (C=O) groups excluding carboxylic acids is 1. The zero-order chi connectivity index (χ0) is 16.3. The summed E-state index contributed by atoms with van der Waals surface area (Å²) in [5.41, 5.74) is 0.280. The van der Waals surface area contributed by atoms with Crippen molar-refractivity contribution in [2.24, 2.45) is 5.92 Å². The zero-order valence-electron chi connectivity index (χ0n) is 13.9. The van der Waals surface area contributed by atoms with Crippen molar-refractivity contribution in [2.75, 3.05) is 24.6 Å². The summed E-state index contributed by atoms with van der Waals surface area (Å²) >= 11 is 1.83. The largest absolute Gasteiger partial charge is 0.380 e. The second-order valence-corrected chi connectivity index (χ2v) is 8.09. The maximum absolute atomic E-state index is 12.8. The number of benzene rings is 1. The molecule has 1 N–H and O–H groups in total. The molecule has 1 aromatic rings. The summed E-state index contributed by atoms with van der Waals surface area (Å²) in [7, 11) is 0. The van der Waals surface area contributed by atoms with Crippen LogP contribution in [0.1, 0.15) is 44.1 Å². The Morgan fingerprint density at radius 2 is 2.00 bits per heavy atom. The van der Waals surface area contributed by atoms with Crippen molar-refractivity contribution in [1.29, 1.82) is 0 Å². The zero-order valence-corrected chi connectivity index (χ0v) is 14.7. The predicted molar refractivity (Wildman–Crippen MR) is 95.7 cm³/mol. The molecule has 0 radical (unpaired) electrons. The summed E-state index contributed by atoms with van der Waals surface area (Å²) < 4.78 is 0. The van der Waals surface area contributed by atoms with Crippen molar-refractivity contribution in [2.45, 2.75) is 44.1 Å². The fourth-order valence-corrected chi connectivity index (χ4v) is 5.15. The molecule has 0 spiro atoms. The number of aliphatic hydroxyl groups is 1. The number of amides is 1. The SMILES string of the molecule is CCC1CN(C(=O)C2(O)CCSCC2)CCC1c1ccccc1. The third kappa shape index (κ3) is 3.58. The van der Waals surface area contributed by atoms with Gasteiger partial charge in [-0.25, -0.2) is 0 Å². The minimum absolute atomic E-state index is 0.0252. The Labute approximate surface area is 143 Å². The number of hydrogen-bond acceptors (Lipinski definition) is 3. The molecule has 3 rings (SSSR count). The lowest BCUT2D eigenvalue weighted by Gasteiger charge is -2.42. The standard InChI is InChI=1S/C19H27NO2S/c1-2-15-14-20(18(21)19(22)9-12-23-13-10-19)11-8-17(15)16-6-4-3-5-7-16/h3-7,15,17,22H,2,8-14H2,1H3. The summed E-state index contributed by atoms with van der Waals surface area (Å²) in [6, 6.07) is 10.7. The molecular weight excluding hydrogens is 306 g/mol. The molecule has 1 amide bonds. The van der Waals surface area contributed by atoms with Gasteiger partial charge in [-0.1, -0.05) is 43.7 Å². The van der Waals surface area contributed by atoms with Gasteiger partial charge in [-0.2, -0.15) is 11.8 Å². The molecule has 3 nitrogen and oxygen atoms in total. The molecular formula is C19H27NO2S. The lowest BCUT2D eigenvalue weighted by Crippen LogP contribution is -2.54.